The van der Waals surface area contributed by atoms with Crippen LogP contribution in [0.2, 0.25) is 0 Å². The molecule has 0 heterocycles. The molecule has 2 heteroatoms. The molecule has 0 saturated heterocycles. The van der Waals surface area contributed by atoms with Crippen LogP contribution in [0.25, 0.3) is 0 Å². The van der Waals surface area contributed by atoms with Gasteiger partial charge in [-0.1, -0.05) is 54.4 Å². The fourth-order valence-corrected chi connectivity index (χ4v) is 9.74. The van der Waals surface area contributed by atoms with Gasteiger partial charge in [0.2, 0.25) is 0 Å². The highest BCUT2D eigenvalue weighted by molar-refractivity contribution is 6.23. The maximum atomic E-state index is 12.2. The number of ketones is 1. The van der Waals surface area contributed by atoms with E-state index in [4.69, 9.17) is 11.6 Å². The molecule has 0 aliphatic heterocycles. The Morgan fingerprint density at radius 2 is 1.81 bits per heavy atom. The molecular weight excluding hydrogens is 400 g/mol. The van der Waals surface area contributed by atoms with E-state index in [-0.39, 0.29) is 10.8 Å². The lowest BCUT2D eigenvalue weighted by atomic mass is 9.46. The Balaban J connectivity index is 1.51. The molecule has 1 nitrogen and oxygen atoms in total. The van der Waals surface area contributed by atoms with E-state index in [9.17, 15) is 4.79 Å². The van der Waals surface area contributed by atoms with Gasteiger partial charge in [-0.25, -0.2) is 0 Å². The van der Waals surface area contributed by atoms with E-state index >= 15 is 0 Å². The van der Waals surface area contributed by atoms with Crippen molar-refractivity contribution >= 4 is 17.4 Å². The van der Waals surface area contributed by atoms with Crippen molar-refractivity contribution in [1.29, 1.82) is 0 Å². The molecule has 3 fully saturated rings. The Labute approximate surface area is 197 Å². The Bertz CT molecular complexity index is 710. The molecule has 4 aliphatic carbocycles. The SMILES string of the molecule is CC[C@H](CC[C@@H](C)[C@H]1CC[C@H]2[C@@H]3C[C@H](Cl)C4=CC(=O)CC[C@]4(C)[C@H]3CC[C@]12C)C(C)C. The highest BCUT2D eigenvalue weighted by Crippen LogP contribution is 2.68. The van der Waals surface area contributed by atoms with E-state index in [0.717, 1.165) is 60.7 Å². The van der Waals surface area contributed by atoms with E-state index in [1.807, 2.05) is 6.08 Å². The Morgan fingerprint density at radius 1 is 1.06 bits per heavy atom. The standard InChI is InChI=1S/C29H47ClO/c1-7-20(18(2)3)9-8-19(4)23-10-11-24-22-17-27(30)26-16-21(31)12-14-29(26,6)25(22)13-15-28(23,24)5/h16,18-20,22-25,27H,7-15,17H2,1-6H3/t19-,20-,22+,23-,24+,25+,27+,28-,29-/m1/s1. The Hall–Kier alpha value is -0.300. The first-order valence-electron chi connectivity index (χ1n) is 13.5. The van der Waals surface area contributed by atoms with Crippen LogP contribution in [0.1, 0.15) is 106 Å². The van der Waals surface area contributed by atoms with Crippen molar-refractivity contribution in [2.45, 2.75) is 111 Å². The van der Waals surface area contributed by atoms with E-state index < -0.39 is 0 Å². The van der Waals surface area contributed by atoms with Crippen molar-refractivity contribution in [3.05, 3.63) is 11.6 Å². The molecule has 0 spiro atoms. The largest absolute Gasteiger partial charge is 0.295 e. The molecule has 4 rings (SSSR count). The predicted octanol–water partition coefficient (Wildman–Crippen LogP) is 8.45. The van der Waals surface area contributed by atoms with E-state index in [1.165, 1.54) is 50.5 Å². The lowest BCUT2D eigenvalue weighted by Crippen LogP contribution is -2.53. The molecule has 0 radical (unpaired) electrons. The zero-order valence-electron chi connectivity index (χ0n) is 21.1. The molecule has 0 amide bonds. The van der Waals surface area contributed by atoms with Gasteiger partial charge in [0, 0.05) is 6.42 Å². The summed E-state index contributed by atoms with van der Waals surface area (Å²) in [6.07, 6.45) is 14.5. The monoisotopic (exact) mass is 446 g/mol. The van der Waals surface area contributed by atoms with Crippen LogP contribution in [0.4, 0.5) is 0 Å². The second-order valence-electron chi connectivity index (χ2n) is 12.8. The molecule has 0 bridgehead atoms. The molecule has 3 saturated carbocycles. The van der Waals surface area contributed by atoms with E-state index in [1.54, 1.807) is 0 Å². The van der Waals surface area contributed by atoms with E-state index in [0.29, 0.717) is 11.2 Å². The zero-order chi connectivity index (χ0) is 22.6. The van der Waals surface area contributed by atoms with Crippen molar-refractivity contribution in [3.8, 4) is 0 Å². The summed E-state index contributed by atoms with van der Waals surface area (Å²) in [5.41, 5.74) is 1.95. The van der Waals surface area contributed by atoms with Crippen molar-refractivity contribution < 1.29 is 4.79 Å². The third-order valence-corrected chi connectivity index (χ3v) is 11.6. The molecule has 31 heavy (non-hydrogen) atoms. The number of carbonyl (C=O) groups is 1. The smallest absolute Gasteiger partial charge is 0.155 e. The fraction of sp³-hybridized carbons (Fsp3) is 0.897. The molecule has 4 aliphatic rings. The topological polar surface area (TPSA) is 17.1 Å². The number of carbonyl (C=O) groups excluding carboxylic acids is 1. The first kappa shape index (κ1) is 23.8. The molecule has 0 aromatic rings. The van der Waals surface area contributed by atoms with Gasteiger partial charge in [0.15, 0.2) is 5.78 Å². The number of allylic oxidation sites excluding steroid dienone is 1. The maximum absolute atomic E-state index is 12.2. The third kappa shape index (κ3) is 3.98. The first-order valence-corrected chi connectivity index (χ1v) is 13.9. The van der Waals surface area contributed by atoms with Gasteiger partial charge in [0.25, 0.3) is 0 Å². The fourth-order valence-electron chi connectivity index (χ4n) is 9.22. The van der Waals surface area contributed by atoms with Crippen LogP contribution in [0.5, 0.6) is 0 Å². The lowest BCUT2D eigenvalue weighted by molar-refractivity contribution is -0.117. The molecule has 9 atom stereocenters. The normalized spacial score (nSPS) is 44.3. The van der Waals surface area contributed by atoms with Gasteiger partial charge in [-0.2, -0.15) is 0 Å². The average molecular weight is 447 g/mol. The summed E-state index contributed by atoms with van der Waals surface area (Å²) < 4.78 is 0. The third-order valence-electron chi connectivity index (χ3n) is 11.2. The van der Waals surface area contributed by atoms with Crippen LogP contribution in [0.15, 0.2) is 11.6 Å². The summed E-state index contributed by atoms with van der Waals surface area (Å²) in [5, 5.41) is 0.0747. The average Bonchev–Trinajstić information content (AvgIpc) is 3.07. The second-order valence-corrected chi connectivity index (χ2v) is 13.3. The first-order chi connectivity index (χ1) is 14.6. The van der Waals surface area contributed by atoms with Gasteiger partial charge in [-0.3, -0.25) is 4.79 Å². The van der Waals surface area contributed by atoms with Crippen LogP contribution in [0.3, 0.4) is 0 Å². The van der Waals surface area contributed by atoms with Gasteiger partial charge in [-0.15, -0.1) is 11.6 Å². The van der Waals surface area contributed by atoms with Gasteiger partial charge < -0.3 is 0 Å². The summed E-state index contributed by atoms with van der Waals surface area (Å²) in [5.74, 6) is 6.06. The minimum atomic E-state index is 0.0747. The van der Waals surface area contributed by atoms with Gasteiger partial charge in [0.05, 0.1) is 5.38 Å². The highest BCUT2D eigenvalue weighted by Gasteiger charge is 2.60. The van der Waals surface area contributed by atoms with Crippen molar-refractivity contribution in [2.75, 3.05) is 0 Å². The minimum absolute atomic E-state index is 0.0747. The van der Waals surface area contributed by atoms with Gasteiger partial charge in [0.1, 0.15) is 0 Å². The molecule has 0 aromatic carbocycles. The Kier molecular flexibility index (Phi) is 6.78. The minimum Gasteiger partial charge on any atom is -0.295 e. The van der Waals surface area contributed by atoms with Gasteiger partial charge >= 0.3 is 0 Å². The number of hydrogen-bond donors (Lipinski definition) is 0. The lowest BCUT2D eigenvalue weighted by Gasteiger charge is -2.59. The van der Waals surface area contributed by atoms with Crippen LogP contribution < -0.4 is 0 Å². The molecule has 0 aromatic heterocycles. The number of rotatable bonds is 6. The summed E-state index contributed by atoms with van der Waals surface area (Å²) >= 11 is 7.01. The van der Waals surface area contributed by atoms with Crippen LogP contribution in [-0.4, -0.2) is 11.2 Å². The van der Waals surface area contributed by atoms with Crippen molar-refractivity contribution in [1.82, 2.24) is 0 Å². The van der Waals surface area contributed by atoms with Crippen molar-refractivity contribution in [2.24, 2.45) is 52.3 Å². The Morgan fingerprint density at radius 3 is 2.48 bits per heavy atom. The summed E-state index contributed by atoms with van der Waals surface area (Å²) in [6.45, 7) is 14.9. The highest BCUT2D eigenvalue weighted by atomic mass is 35.5. The van der Waals surface area contributed by atoms with Crippen LogP contribution in [0, 0.1) is 52.3 Å². The zero-order valence-corrected chi connectivity index (χ0v) is 21.8. The second kappa shape index (κ2) is 8.81. The summed E-state index contributed by atoms with van der Waals surface area (Å²) in [6, 6.07) is 0. The molecule has 0 unspecified atom stereocenters. The molecule has 0 N–H and O–H groups in total. The van der Waals surface area contributed by atoms with Crippen LogP contribution in [-0.2, 0) is 4.79 Å². The maximum Gasteiger partial charge on any atom is 0.155 e. The van der Waals surface area contributed by atoms with Crippen LogP contribution >= 0.6 is 11.6 Å². The molecular formula is C29H47ClO. The van der Waals surface area contributed by atoms with Crippen molar-refractivity contribution in [3.63, 3.8) is 0 Å². The number of halogens is 1. The summed E-state index contributed by atoms with van der Waals surface area (Å²) in [7, 11) is 0. The number of fused-ring (bicyclic) bond motifs is 5. The quantitative estimate of drug-likeness (QED) is 0.374. The predicted molar refractivity (Wildman–Crippen MR) is 132 cm³/mol. The molecule has 176 valence electrons. The van der Waals surface area contributed by atoms with Gasteiger partial charge in [-0.05, 0) is 109 Å². The summed E-state index contributed by atoms with van der Waals surface area (Å²) in [4.78, 5) is 12.2. The van der Waals surface area contributed by atoms with E-state index in [2.05, 4.69) is 41.5 Å². The number of hydrogen-bond acceptors (Lipinski definition) is 1. The number of alkyl halides is 1.